The van der Waals surface area contributed by atoms with Gasteiger partial charge < -0.3 is 16.0 Å². The van der Waals surface area contributed by atoms with Crippen molar-refractivity contribution in [3.8, 4) is 0 Å². The van der Waals surface area contributed by atoms with Crippen LogP contribution in [-0.4, -0.2) is 25.0 Å². The van der Waals surface area contributed by atoms with Crippen molar-refractivity contribution in [1.82, 2.24) is 10.6 Å². The molecule has 142 valence electrons. The van der Waals surface area contributed by atoms with Gasteiger partial charge in [0.05, 0.1) is 11.3 Å². The van der Waals surface area contributed by atoms with Gasteiger partial charge in [0.15, 0.2) is 0 Å². The van der Waals surface area contributed by atoms with Crippen molar-refractivity contribution in [3.63, 3.8) is 0 Å². The maximum Gasteiger partial charge on any atom is 0.253 e. The van der Waals surface area contributed by atoms with Gasteiger partial charge in [0, 0.05) is 11.7 Å². The summed E-state index contributed by atoms with van der Waals surface area (Å²) in [5, 5.41) is 9.91. The Morgan fingerprint density at radius 1 is 0.962 bits per heavy atom. The van der Waals surface area contributed by atoms with Gasteiger partial charge in [-0.2, -0.15) is 0 Å². The van der Waals surface area contributed by atoms with Gasteiger partial charge in [-0.05, 0) is 69.1 Å². The van der Waals surface area contributed by atoms with E-state index in [0.29, 0.717) is 5.56 Å². The van der Waals surface area contributed by atoms with Crippen molar-refractivity contribution in [3.05, 3.63) is 59.2 Å². The Hall–Kier alpha value is -1.75. The Balaban J connectivity index is 0.00000169. The number of hydrogen-bond acceptors (Lipinski definition) is 3. The Morgan fingerprint density at radius 3 is 2.35 bits per heavy atom. The van der Waals surface area contributed by atoms with Crippen LogP contribution in [0.5, 0.6) is 0 Å². The molecule has 0 spiro atoms. The average molecular weight is 396 g/mol. The molecule has 1 heterocycles. The molecule has 1 aliphatic heterocycles. The largest absolute Gasteiger partial charge is 0.355 e. The highest BCUT2D eigenvalue weighted by atomic mass is 35.5. The molecular weight excluding hydrogens is 369 g/mol. The molecule has 0 radical (unpaired) electrons. The normalized spacial score (nSPS) is 13.9. The van der Waals surface area contributed by atoms with E-state index >= 15 is 0 Å². The second kappa shape index (κ2) is 10.4. The van der Waals surface area contributed by atoms with E-state index in [-0.39, 0.29) is 36.8 Å². The van der Waals surface area contributed by atoms with Gasteiger partial charge in [0.1, 0.15) is 0 Å². The predicted octanol–water partition coefficient (Wildman–Crippen LogP) is 4.37. The first-order valence-electron chi connectivity index (χ1n) is 8.59. The minimum atomic E-state index is -0.00435. The van der Waals surface area contributed by atoms with Crippen molar-refractivity contribution in [1.29, 1.82) is 0 Å². The number of aryl methyl sites for hydroxylation is 1. The summed E-state index contributed by atoms with van der Waals surface area (Å²) < 4.78 is 0. The Labute approximate surface area is 168 Å². The standard InChI is InChI=1S/C20H25N3O.2ClH/c1-14-6-5-9-18(15(14)2)23-19-8-4-3-7-17(19)20(24)22-16-10-12-21-13-11-16;;/h3-9,16,21,23H,10-13H2,1-2H3,(H,22,24);2*1H. The van der Waals surface area contributed by atoms with Crippen LogP contribution in [-0.2, 0) is 0 Å². The first-order chi connectivity index (χ1) is 11.6. The van der Waals surface area contributed by atoms with Crippen LogP contribution < -0.4 is 16.0 Å². The third kappa shape index (κ3) is 5.37. The van der Waals surface area contributed by atoms with E-state index in [4.69, 9.17) is 0 Å². The molecule has 0 atom stereocenters. The van der Waals surface area contributed by atoms with Crippen LogP contribution in [0.2, 0.25) is 0 Å². The number of rotatable bonds is 4. The molecule has 0 aromatic heterocycles. The van der Waals surface area contributed by atoms with Crippen LogP contribution in [0.15, 0.2) is 42.5 Å². The Bertz CT molecular complexity index is 731. The lowest BCUT2D eigenvalue weighted by Crippen LogP contribution is -2.42. The smallest absolute Gasteiger partial charge is 0.253 e. The molecule has 26 heavy (non-hydrogen) atoms. The molecule has 2 aromatic carbocycles. The van der Waals surface area contributed by atoms with Crippen LogP contribution in [0, 0.1) is 13.8 Å². The summed E-state index contributed by atoms with van der Waals surface area (Å²) in [5.74, 6) is -0.00435. The monoisotopic (exact) mass is 395 g/mol. The highest BCUT2D eigenvalue weighted by Crippen LogP contribution is 2.25. The van der Waals surface area contributed by atoms with Crippen LogP contribution >= 0.6 is 24.8 Å². The number of hydrogen-bond donors (Lipinski definition) is 3. The van der Waals surface area contributed by atoms with Crippen LogP contribution in [0.3, 0.4) is 0 Å². The molecular formula is C20H27Cl2N3O. The number of piperidine rings is 1. The summed E-state index contributed by atoms with van der Waals surface area (Å²) in [6.07, 6.45) is 1.97. The fraction of sp³-hybridized carbons (Fsp3) is 0.350. The zero-order valence-electron chi connectivity index (χ0n) is 15.2. The van der Waals surface area contributed by atoms with E-state index in [1.54, 1.807) is 0 Å². The SMILES string of the molecule is Cc1cccc(Nc2ccccc2C(=O)NC2CCNCC2)c1C.Cl.Cl. The third-order valence-electron chi connectivity index (χ3n) is 4.72. The van der Waals surface area contributed by atoms with Gasteiger partial charge in [0.2, 0.25) is 0 Å². The van der Waals surface area contributed by atoms with E-state index in [9.17, 15) is 4.79 Å². The topological polar surface area (TPSA) is 53.2 Å². The van der Waals surface area contributed by atoms with Gasteiger partial charge in [-0.25, -0.2) is 0 Å². The van der Waals surface area contributed by atoms with Gasteiger partial charge in [0.25, 0.3) is 5.91 Å². The third-order valence-corrected chi connectivity index (χ3v) is 4.72. The lowest BCUT2D eigenvalue weighted by Gasteiger charge is -2.24. The van der Waals surface area contributed by atoms with Crippen molar-refractivity contribution in [2.24, 2.45) is 0 Å². The van der Waals surface area contributed by atoms with Crippen molar-refractivity contribution in [2.75, 3.05) is 18.4 Å². The van der Waals surface area contributed by atoms with E-state index in [2.05, 4.69) is 35.9 Å². The lowest BCUT2D eigenvalue weighted by molar-refractivity contribution is 0.0930. The average Bonchev–Trinajstić information content (AvgIpc) is 2.60. The molecule has 0 unspecified atom stereocenters. The quantitative estimate of drug-likeness (QED) is 0.719. The van der Waals surface area contributed by atoms with Crippen molar-refractivity contribution < 1.29 is 4.79 Å². The Kier molecular flexibility index (Phi) is 8.93. The highest BCUT2D eigenvalue weighted by Gasteiger charge is 2.18. The molecule has 2 aromatic rings. The number of anilines is 2. The van der Waals surface area contributed by atoms with Crippen molar-refractivity contribution in [2.45, 2.75) is 32.7 Å². The number of benzene rings is 2. The minimum absolute atomic E-state index is 0. The lowest BCUT2D eigenvalue weighted by atomic mass is 10.0. The molecule has 1 fully saturated rings. The molecule has 6 heteroatoms. The fourth-order valence-electron chi connectivity index (χ4n) is 3.05. The van der Waals surface area contributed by atoms with Gasteiger partial charge in [-0.15, -0.1) is 24.8 Å². The van der Waals surface area contributed by atoms with Gasteiger partial charge in [-0.1, -0.05) is 24.3 Å². The second-order valence-electron chi connectivity index (χ2n) is 6.42. The summed E-state index contributed by atoms with van der Waals surface area (Å²) in [4.78, 5) is 12.7. The van der Waals surface area contributed by atoms with Gasteiger partial charge in [-0.3, -0.25) is 4.79 Å². The maximum atomic E-state index is 12.7. The second-order valence-corrected chi connectivity index (χ2v) is 6.42. The summed E-state index contributed by atoms with van der Waals surface area (Å²) in [5.41, 5.74) is 5.01. The maximum absolute atomic E-state index is 12.7. The van der Waals surface area contributed by atoms with Gasteiger partial charge >= 0.3 is 0 Å². The first kappa shape index (κ1) is 22.3. The Morgan fingerprint density at radius 2 is 1.62 bits per heavy atom. The highest BCUT2D eigenvalue weighted by molar-refractivity contribution is 6.00. The van der Waals surface area contributed by atoms with E-state index in [1.165, 1.54) is 11.1 Å². The molecule has 0 bridgehead atoms. The van der Waals surface area contributed by atoms with E-state index in [1.807, 2.05) is 36.4 Å². The number of amides is 1. The number of carbonyl (C=O) groups excluding carboxylic acids is 1. The molecule has 3 N–H and O–H groups in total. The fourth-order valence-corrected chi connectivity index (χ4v) is 3.05. The summed E-state index contributed by atoms with van der Waals surface area (Å²) >= 11 is 0. The summed E-state index contributed by atoms with van der Waals surface area (Å²) in [6.45, 7) is 6.12. The zero-order chi connectivity index (χ0) is 16.9. The molecule has 1 aliphatic rings. The molecule has 0 aliphatic carbocycles. The van der Waals surface area contributed by atoms with E-state index in [0.717, 1.165) is 37.3 Å². The van der Waals surface area contributed by atoms with Crippen LogP contribution in [0.1, 0.15) is 34.3 Å². The summed E-state index contributed by atoms with van der Waals surface area (Å²) in [6, 6.07) is 14.1. The summed E-state index contributed by atoms with van der Waals surface area (Å²) in [7, 11) is 0. The van der Waals surface area contributed by atoms with Crippen LogP contribution in [0.25, 0.3) is 0 Å². The van der Waals surface area contributed by atoms with E-state index < -0.39 is 0 Å². The first-order valence-corrected chi connectivity index (χ1v) is 8.59. The molecule has 3 rings (SSSR count). The predicted molar refractivity (Wildman–Crippen MR) is 113 cm³/mol. The number of nitrogens with one attached hydrogen (secondary N) is 3. The van der Waals surface area contributed by atoms with Crippen molar-refractivity contribution >= 4 is 42.1 Å². The number of halogens is 2. The number of para-hydroxylation sites is 1. The molecule has 1 amide bonds. The minimum Gasteiger partial charge on any atom is -0.355 e. The molecule has 1 saturated heterocycles. The molecule has 4 nitrogen and oxygen atoms in total. The van der Waals surface area contributed by atoms with Crippen LogP contribution in [0.4, 0.5) is 11.4 Å². The zero-order valence-corrected chi connectivity index (χ0v) is 16.8. The number of carbonyl (C=O) groups is 1. The molecule has 0 saturated carbocycles.